The highest BCUT2D eigenvalue weighted by Gasteiger charge is 2.14. The molecule has 0 radical (unpaired) electrons. The highest BCUT2D eigenvalue weighted by Crippen LogP contribution is 2.15. The van der Waals surface area contributed by atoms with Crippen LogP contribution in [-0.4, -0.2) is 22.2 Å². The summed E-state index contributed by atoms with van der Waals surface area (Å²) in [5.74, 6) is -1.63. The monoisotopic (exact) mass is 312 g/mol. The van der Waals surface area contributed by atoms with Gasteiger partial charge in [0.2, 0.25) is 0 Å². The molecule has 0 heterocycles. The van der Waals surface area contributed by atoms with Gasteiger partial charge in [0.15, 0.2) is 0 Å². The van der Waals surface area contributed by atoms with Crippen molar-refractivity contribution in [1.82, 2.24) is 0 Å². The van der Waals surface area contributed by atoms with Crippen LogP contribution in [0.5, 0.6) is 0 Å². The van der Waals surface area contributed by atoms with E-state index in [0.717, 1.165) is 64.2 Å². The minimum Gasteiger partial charge on any atom is -0.481 e. The van der Waals surface area contributed by atoms with Gasteiger partial charge in [-0.1, -0.05) is 57.6 Å². The summed E-state index contributed by atoms with van der Waals surface area (Å²) in [6.07, 6.45) is 15.0. The van der Waals surface area contributed by atoms with Crippen molar-refractivity contribution < 1.29 is 19.8 Å². The summed E-state index contributed by atoms with van der Waals surface area (Å²) >= 11 is 0. The molecule has 2 N–H and O–H groups in total. The van der Waals surface area contributed by atoms with Gasteiger partial charge in [-0.2, -0.15) is 0 Å². The topological polar surface area (TPSA) is 74.6 Å². The van der Waals surface area contributed by atoms with Gasteiger partial charge in [-0.25, -0.2) is 0 Å². The van der Waals surface area contributed by atoms with Gasteiger partial charge >= 0.3 is 11.9 Å². The summed E-state index contributed by atoms with van der Waals surface area (Å²) in [7, 11) is 0. The minimum atomic E-state index is -0.713. The van der Waals surface area contributed by atoms with Gasteiger partial charge in [-0.3, -0.25) is 9.59 Å². The molecule has 0 saturated heterocycles. The van der Waals surface area contributed by atoms with Crippen LogP contribution < -0.4 is 0 Å². The summed E-state index contributed by atoms with van der Waals surface area (Å²) in [6, 6.07) is 0. The van der Waals surface area contributed by atoms with Crippen LogP contribution in [0.2, 0.25) is 0 Å². The van der Waals surface area contributed by atoms with Crippen molar-refractivity contribution in [2.45, 2.75) is 84.0 Å². The molecule has 0 aliphatic carbocycles. The van der Waals surface area contributed by atoms with Gasteiger partial charge in [-0.15, -0.1) is 0 Å². The molecule has 1 atom stereocenters. The fourth-order valence-electron chi connectivity index (χ4n) is 2.43. The number of allylic oxidation sites excluding steroid dienone is 2. The molecule has 0 aromatic carbocycles. The van der Waals surface area contributed by atoms with Gasteiger partial charge in [0, 0.05) is 6.42 Å². The molecule has 0 aromatic rings. The molecule has 0 rings (SSSR count). The molecule has 0 bridgehead atoms. The van der Waals surface area contributed by atoms with Crippen LogP contribution in [0.4, 0.5) is 0 Å². The Morgan fingerprint density at radius 3 is 2.23 bits per heavy atom. The van der Waals surface area contributed by atoms with Crippen molar-refractivity contribution in [3.8, 4) is 0 Å². The zero-order valence-corrected chi connectivity index (χ0v) is 13.9. The Morgan fingerprint density at radius 1 is 0.909 bits per heavy atom. The van der Waals surface area contributed by atoms with Gasteiger partial charge in [0.1, 0.15) is 0 Å². The van der Waals surface area contributed by atoms with E-state index in [1.54, 1.807) is 0 Å². The average molecular weight is 312 g/mol. The third kappa shape index (κ3) is 13.7. The molecule has 0 fully saturated rings. The third-order valence-corrected chi connectivity index (χ3v) is 3.85. The molecule has 128 valence electrons. The van der Waals surface area contributed by atoms with E-state index >= 15 is 0 Å². The SMILES string of the molecule is CCCCCC(C/C=C\CCCCCCCC(=O)O)C(=O)O. The Morgan fingerprint density at radius 2 is 1.59 bits per heavy atom. The first-order valence-electron chi connectivity index (χ1n) is 8.67. The minimum absolute atomic E-state index is 0.237. The zero-order valence-electron chi connectivity index (χ0n) is 13.9. The fraction of sp³-hybridized carbons (Fsp3) is 0.778. The average Bonchev–Trinajstić information content (AvgIpc) is 2.46. The van der Waals surface area contributed by atoms with Crippen LogP contribution in [0.15, 0.2) is 12.2 Å². The number of carbonyl (C=O) groups is 2. The first-order valence-corrected chi connectivity index (χ1v) is 8.67. The maximum atomic E-state index is 11.1. The van der Waals surface area contributed by atoms with E-state index < -0.39 is 11.9 Å². The van der Waals surface area contributed by atoms with E-state index in [1.165, 1.54) is 0 Å². The number of carboxylic acids is 2. The van der Waals surface area contributed by atoms with Crippen LogP contribution in [0.1, 0.15) is 84.0 Å². The molecular weight excluding hydrogens is 280 g/mol. The lowest BCUT2D eigenvalue weighted by molar-refractivity contribution is -0.142. The smallest absolute Gasteiger partial charge is 0.306 e. The Kier molecular flexibility index (Phi) is 13.7. The van der Waals surface area contributed by atoms with Crippen LogP contribution in [0.3, 0.4) is 0 Å². The highest BCUT2D eigenvalue weighted by atomic mass is 16.4. The third-order valence-electron chi connectivity index (χ3n) is 3.85. The van der Waals surface area contributed by atoms with Gasteiger partial charge in [0.05, 0.1) is 5.92 Å². The molecule has 0 spiro atoms. The molecule has 22 heavy (non-hydrogen) atoms. The molecule has 0 saturated carbocycles. The molecule has 0 aliphatic heterocycles. The van der Waals surface area contributed by atoms with Gasteiger partial charge < -0.3 is 10.2 Å². The van der Waals surface area contributed by atoms with Crippen molar-refractivity contribution in [3.05, 3.63) is 12.2 Å². The van der Waals surface area contributed by atoms with Crippen molar-refractivity contribution in [2.75, 3.05) is 0 Å². The number of rotatable bonds is 15. The van der Waals surface area contributed by atoms with E-state index in [4.69, 9.17) is 10.2 Å². The molecule has 4 nitrogen and oxygen atoms in total. The number of carboxylic acid groups (broad SMARTS) is 2. The summed E-state index contributed by atoms with van der Waals surface area (Å²) in [4.78, 5) is 21.5. The Hall–Kier alpha value is -1.32. The van der Waals surface area contributed by atoms with Crippen molar-refractivity contribution >= 4 is 11.9 Å². The van der Waals surface area contributed by atoms with Gasteiger partial charge in [-0.05, 0) is 32.1 Å². The van der Waals surface area contributed by atoms with Crippen LogP contribution >= 0.6 is 0 Å². The van der Waals surface area contributed by atoms with E-state index in [9.17, 15) is 9.59 Å². The Labute approximate surface area is 134 Å². The first-order chi connectivity index (χ1) is 10.6. The normalized spacial score (nSPS) is 12.6. The van der Waals surface area contributed by atoms with Gasteiger partial charge in [0.25, 0.3) is 0 Å². The van der Waals surface area contributed by atoms with Crippen LogP contribution in [-0.2, 0) is 9.59 Å². The second-order valence-corrected chi connectivity index (χ2v) is 5.94. The number of hydrogen-bond donors (Lipinski definition) is 2. The fourth-order valence-corrected chi connectivity index (χ4v) is 2.43. The van der Waals surface area contributed by atoms with Crippen molar-refractivity contribution in [1.29, 1.82) is 0 Å². The Bertz CT molecular complexity index is 323. The second kappa shape index (κ2) is 14.6. The summed E-state index contributed by atoms with van der Waals surface area (Å²) in [5, 5.41) is 17.7. The number of aliphatic carboxylic acids is 2. The first kappa shape index (κ1) is 20.7. The quantitative estimate of drug-likeness (QED) is 0.328. The second-order valence-electron chi connectivity index (χ2n) is 5.94. The standard InChI is InChI=1S/C18H32O4/c1-2-3-10-13-16(18(21)22)14-11-8-6-4-5-7-9-12-15-17(19)20/h8,11,16H,2-7,9-10,12-15H2,1H3,(H,19,20)(H,21,22)/b11-8-. The van der Waals surface area contributed by atoms with E-state index in [2.05, 4.69) is 13.0 Å². The maximum Gasteiger partial charge on any atom is 0.306 e. The van der Waals surface area contributed by atoms with Crippen LogP contribution in [0.25, 0.3) is 0 Å². The lowest BCUT2D eigenvalue weighted by atomic mass is 9.97. The zero-order chi connectivity index (χ0) is 16.6. The Balaban J connectivity index is 3.57. The van der Waals surface area contributed by atoms with Crippen LogP contribution in [0, 0.1) is 5.92 Å². The lowest BCUT2D eigenvalue weighted by Crippen LogP contribution is -2.12. The number of unbranched alkanes of at least 4 members (excludes halogenated alkanes) is 7. The van der Waals surface area contributed by atoms with Crippen molar-refractivity contribution in [3.63, 3.8) is 0 Å². The van der Waals surface area contributed by atoms with E-state index in [1.807, 2.05) is 6.08 Å². The molecule has 0 amide bonds. The summed E-state index contributed by atoms with van der Waals surface area (Å²) in [6.45, 7) is 2.12. The maximum absolute atomic E-state index is 11.1. The van der Waals surface area contributed by atoms with Crippen molar-refractivity contribution in [2.24, 2.45) is 5.92 Å². The molecule has 0 aromatic heterocycles. The largest absolute Gasteiger partial charge is 0.481 e. The summed E-state index contributed by atoms with van der Waals surface area (Å²) in [5.41, 5.74) is 0. The predicted octanol–water partition coefficient (Wildman–Crippen LogP) is 5.03. The summed E-state index contributed by atoms with van der Waals surface area (Å²) < 4.78 is 0. The highest BCUT2D eigenvalue weighted by molar-refractivity contribution is 5.70. The van der Waals surface area contributed by atoms with E-state index in [-0.39, 0.29) is 12.3 Å². The molecule has 1 unspecified atom stereocenters. The molecular formula is C18H32O4. The van der Waals surface area contributed by atoms with E-state index in [0.29, 0.717) is 6.42 Å². The molecule has 4 heteroatoms. The lowest BCUT2D eigenvalue weighted by Gasteiger charge is -2.09. The molecule has 0 aliphatic rings. The predicted molar refractivity (Wildman–Crippen MR) is 89.0 cm³/mol. The number of hydrogen-bond acceptors (Lipinski definition) is 2.